The van der Waals surface area contributed by atoms with Gasteiger partial charge >= 0.3 is 11.9 Å². The number of benzene rings is 2. The number of carbonyl (C=O) groups is 6. The number of amides is 4. The van der Waals surface area contributed by atoms with Crippen LogP contribution in [0.15, 0.2) is 60.7 Å². The molecule has 2 aliphatic rings. The van der Waals surface area contributed by atoms with Gasteiger partial charge in [0.1, 0.15) is 0 Å². The van der Waals surface area contributed by atoms with Gasteiger partial charge in [-0.25, -0.2) is 9.80 Å². The Morgan fingerprint density at radius 2 is 0.857 bits per heavy atom. The number of nitrogens with zero attached hydrogens (tertiary/aromatic N) is 4. The minimum atomic E-state index is -1.18. The number of hydrogen-bond donors (Lipinski definition) is 0. The van der Waals surface area contributed by atoms with Gasteiger partial charge in [0.15, 0.2) is 0 Å². The van der Waals surface area contributed by atoms with E-state index in [4.69, 9.17) is 9.47 Å². The monoisotopic (exact) mass is 578 g/mol. The van der Waals surface area contributed by atoms with E-state index in [0.29, 0.717) is 11.1 Å². The van der Waals surface area contributed by atoms with Gasteiger partial charge in [-0.15, -0.1) is 0 Å². The van der Waals surface area contributed by atoms with E-state index >= 15 is 0 Å². The largest absolute Gasteiger partial charge is 0.437 e. The Kier molecular flexibility index (Phi) is 9.48. The standard InChI is InChI=1S/C30H34N4O8/c1-19(31-15-25(37)33(26(38)16-31)29(41-21(3)35)23-11-7-5-8-12-23)20(2)32-17-27(39)34(28(40)18-32)30(42-22(4)36)24-13-9-6-10-14-24/h5-14,19-20,29-30H,15-18H2,1-4H3. The average molecular weight is 579 g/mol. The van der Waals surface area contributed by atoms with E-state index in [2.05, 4.69) is 0 Å². The quantitative estimate of drug-likeness (QED) is 0.319. The van der Waals surface area contributed by atoms with Gasteiger partial charge in [-0.05, 0) is 13.8 Å². The van der Waals surface area contributed by atoms with E-state index in [1.807, 2.05) is 13.8 Å². The van der Waals surface area contributed by atoms with Crippen molar-refractivity contribution in [2.24, 2.45) is 0 Å². The molecular formula is C30H34N4O8. The molecule has 0 spiro atoms. The van der Waals surface area contributed by atoms with Gasteiger partial charge in [0.25, 0.3) is 0 Å². The second-order valence-electron chi connectivity index (χ2n) is 10.4. The normalized spacial score (nSPS) is 19.7. The Hall–Kier alpha value is -4.42. The van der Waals surface area contributed by atoms with Crippen molar-refractivity contribution in [1.29, 1.82) is 0 Å². The van der Waals surface area contributed by atoms with E-state index in [1.54, 1.807) is 70.5 Å². The van der Waals surface area contributed by atoms with Gasteiger partial charge < -0.3 is 9.47 Å². The number of carbonyl (C=O) groups excluding carboxylic acids is 6. The lowest BCUT2D eigenvalue weighted by Crippen LogP contribution is -2.63. The fourth-order valence-corrected chi connectivity index (χ4v) is 5.19. The summed E-state index contributed by atoms with van der Waals surface area (Å²) in [4.78, 5) is 81.9. The maximum absolute atomic E-state index is 13.3. The van der Waals surface area contributed by atoms with Crippen molar-refractivity contribution in [2.75, 3.05) is 26.2 Å². The highest BCUT2D eigenvalue weighted by molar-refractivity contribution is 6.01. The van der Waals surface area contributed by atoms with E-state index in [0.717, 1.165) is 9.80 Å². The summed E-state index contributed by atoms with van der Waals surface area (Å²) in [7, 11) is 0. The van der Waals surface area contributed by atoms with Crippen molar-refractivity contribution in [3.8, 4) is 0 Å². The minimum absolute atomic E-state index is 0.133. The summed E-state index contributed by atoms with van der Waals surface area (Å²) in [6, 6.07) is 16.3. The molecule has 2 aromatic carbocycles. The summed E-state index contributed by atoms with van der Waals surface area (Å²) in [6.45, 7) is 5.52. The van der Waals surface area contributed by atoms with E-state index in [1.165, 1.54) is 13.8 Å². The van der Waals surface area contributed by atoms with Crippen LogP contribution in [0.4, 0.5) is 0 Å². The molecule has 4 amide bonds. The Morgan fingerprint density at radius 3 is 1.12 bits per heavy atom. The molecule has 2 fully saturated rings. The Bertz CT molecular complexity index is 1210. The molecule has 2 saturated heterocycles. The van der Waals surface area contributed by atoms with Crippen LogP contribution in [0.5, 0.6) is 0 Å². The Morgan fingerprint density at radius 1 is 0.571 bits per heavy atom. The fraction of sp³-hybridized carbons (Fsp3) is 0.400. The maximum atomic E-state index is 13.3. The van der Waals surface area contributed by atoms with Gasteiger partial charge in [-0.2, -0.15) is 0 Å². The predicted octanol–water partition coefficient (Wildman–Crippen LogP) is 1.63. The van der Waals surface area contributed by atoms with Crippen LogP contribution in [-0.4, -0.2) is 93.4 Å². The maximum Gasteiger partial charge on any atom is 0.304 e. The van der Waals surface area contributed by atoms with Crippen LogP contribution in [0.1, 0.15) is 51.3 Å². The molecule has 0 aromatic heterocycles. The minimum Gasteiger partial charge on any atom is -0.437 e. The first-order valence-electron chi connectivity index (χ1n) is 13.6. The molecule has 0 radical (unpaired) electrons. The third kappa shape index (κ3) is 6.72. The average Bonchev–Trinajstić information content (AvgIpc) is 2.95. The van der Waals surface area contributed by atoms with E-state index < -0.39 is 60.1 Å². The van der Waals surface area contributed by atoms with Crippen molar-refractivity contribution < 1.29 is 38.2 Å². The molecule has 12 nitrogen and oxygen atoms in total. The first-order valence-corrected chi connectivity index (χ1v) is 13.6. The second-order valence-corrected chi connectivity index (χ2v) is 10.4. The SMILES string of the molecule is CC(=O)OC(c1ccccc1)N1C(=O)CN(C(C)C(C)N2CC(=O)N(C(OC(C)=O)c3ccccc3)C(=O)C2)CC1=O. The predicted molar refractivity (Wildman–Crippen MR) is 148 cm³/mol. The highest BCUT2D eigenvalue weighted by Gasteiger charge is 2.44. The summed E-state index contributed by atoms with van der Waals surface area (Å²) >= 11 is 0. The number of hydrogen-bond acceptors (Lipinski definition) is 10. The molecule has 2 aromatic rings. The number of piperazine rings is 2. The van der Waals surface area contributed by atoms with Crippen LogP contribution >= 0.6 is 0 Å². The lowest BCUT2D eigenvalue weighted by atomic mass is 10.0. The van der Waals surface area contributed by atoms with E-state index in [9.17, 15) is 28.8 Å². The van der Waals surface area contributed by atoms with Crippen LogP contribution < -0.4 is 0 Å². The van der Waals surface area contributed by atoms with Gasteiger partial charge in [0.05, 0.1) is 26.2 Å². The van der Waals surface area contributed by atoms with Gasteiger partial charge in [0, 0.05) is 37.1 Å². The summed E-state index contributed by atoms with van der Waals surface area (Å²) in [5.41, 5.74) is 0.975. The number of rotatable bonds is 9. The number of ether oxygens (including phenoxy) is 2. The lowest BCUT2D eigenvalue weighted by molar-refractivity contribution is -0.180. The molecule has 0 saturated carbocycles. The fourth-order valence-electron chi connectivity index (χ4n) is 5.19. The Balaban J connectivity index is 1.46. The smallest absolute Gasteiger partial charge is 0.304 e. The van der Waals surface area contributed by atoms with Crippen LogP contribution in [0.2, 0.25) is 0 Å². The molecule has 222 valence electrons. The first-order chi connectivity index (χ1) is 20.0. The molecule has 0 aliphatic carbocycles. The van der Waals surface area contributed by atoms with Crippen molar-refractivity contribution in [3.05, 3.63) is 71.8 Å². The molecule has 42 heavy (non-hydrogen) atoms. The zero-order valence-corrected chi connectivity index (χ0v) is 24.0. The van der Waals surface area contributed by atoms with E-state index in [-0.39, 0.29) is 26.2 Å². The molecule has 2 heterocycles. The zero-order valence-electron chi connectivity index (χ0n) is 24.0. The molecular weight excluding hydrogens is 544 g/mol. The zero-order chi connectivity index (χ0) is 30.6. The molecule has 4 rings (SSSR count). The van der Waals surface area contributed by atoms with Gasteiger partial charge in [-0.1, -0.05) is 60.7 Å². The highest BCUT2D eigenvalue weighted by atomic mass is 16.6. The van der Waals surface area contributed by atoms with Crippen LogP contribution in [0, 0.1) is 0 Å². The molecule has 0 bridgehead atoms. The summed E-state index contributed by atoms with van der Waals surface area (Å²) in [6.07, 6.45) is -2.37. The second kappa shape index (κ2) is 13.0. The van der Waals surface area contributed by atoms with Crippen molar-refractivity contribution >= 4 is 35.6 Å². The first kappa shape index (κ1) is 30.5. The summed E-state index contributed by atoms with van der Waals surface area (Å²) in [5, 5.41) is 0. The lowest BCUT2D eigenvalue weighted by Gasteiger charge is -2.44. The van der Waals surface area contributed by atoms with Crippen molar-refractivity contribution in [1.82, 2.24) is 19.6 Å². The van der Waals surface area contributed by atoms with Crippen LogP contribution in [-0.2, 0) is 38.2 Å². The van der Waals surface area contributed by atoms with Crippen molar-refractivity contribution in [2.45, 2.75) is 52.2 Å². The summed E-state index contributed by atoms with van der Waals surface area (Å²) < 4.78 is 10.7. The van der Waals surface area contributed by atoms with Crippen LogP contribution in [0.25, 0.3) is 0 Å². The molecule has 0 N–H and O–H groups in total. The third-order valence-electron chi connectivity index (χ3n) is 7.47. The highest BCUT2D eigenvalue weighted by Crippen LogP contribution is 2.29. The van der Waals surface area contributed by atoms with Gasteiger partial charge in [-0.3, -0.25) is 38.6 Å². The Labute approximate surface area is 243 Å². The number of imide groups is 2. The van der Waals surface area contributed by atoms with Crippen molar-refractivity contribution in [3.63, 3.8) is 0 Å². The summed E-state index contributed by atoms with van der Waals surface area (Å²) in [5.74, 6) is -3.42. The topological polar surface area (TPSA) is 134 Å². The molecule has 4 atom stereocenters. The molecule has 2 aliphatic heterocycles. The molecule has 12 heteroatoms. The number of esters is 2. The molecule has 4 unspecified atom stereocenters. The van der Waals surface area contributed by atoms with Crippen LogP contribution in [0.3, 0.4) is 0 Å². The third-order valence-corrected chi connectivity index (χ3v) is 7.47. The van der Waals surface area contributed by atoms with Gasteiger partial charge in [0.2, 0.25) is 36.1 Å².